The van der Waals surface area contributed by atoms with E-state index in [9.17, 15) is 14.0 Å². The molecule has 2 amide bonds. The highest BCUT2D eigenvalue weighted by molar-refractivity contribution is 9.10. The van der Waals surface area contributed by atoms with Crippen LogP contribution in [0.15, 0.2) is 22.7 Å². The van der Waals surface area contributed by atoms with E-state index in [1.54, 1.807) is 6.07 Å². The summed E-state index contributed by atoms with van der Waals surface area (Å²) in [5.41, 5.74) is 0.476. The number of anilines is 1. The first-order valence-corrected chi connectivity index (χ1v) is 6.88. The van der Waals surface area contributed by atoms with Gasteiger partial charge in [0.1, 0.15) is 11.9 Å². The molecular weight excluding hydrogens is 315 g/mol. The second kappa shape index (κ2) is 5.69. The van der Waals surface area contributed by atoms with Crippen LogP contribution in [0.3, 0.4) is 0 Å². The van der Waals surface area contributed by atoms with Crippen molar-refractivity contribution in [3.63, 3.8) is 0 Å². The molecule has 2 rings (SSSR count). The Morgan fingerprint density at radius 3 is 2.89 bits per heavy atom. The topological polar surface area (TPSA) is 49.4 Å². The van der Waals surface area contributed by atoms with Gasteiger partial charge in [-0.25, -0.2) is 4.39 Å². The van der Waals surface area contributed by atoms with Crippen LogP contribution in [0.5, 0.6) is 0 Å². The minimum absolute atomic E-state index is 0.113. The van der Waals surface area contributed by atoms with Gasteiger partial charge in [0, 0.05) is 11.0 Å². The van der Waals surface area contributed by atoms with Gasteiger partial charge in [-0.3, -0.25) is 14.5 Å². The average Bonchev–Trinajstić information content (AvgIpc) is 2.62. The number of hydrogen-bond donors (Lipinski definition) is 1. The Bertz CT molecular complexity index is 521. The Balaban J connectivity index is 2.14. The minimum Gasteiger partial charge on any atom is -0.372 e. The standard InChI is InChI=1S/C13H14BrFN2O2/c1-2-5-17-12(18)7-11(13(17)19)16-10-6-8(15)3-4-9(10)14/h3-4,6,11,16H,2,5,7H2,1H3. The Labute approximate surface area is 119 Å². The number of amides is 2. The number of rotatable bonds is 4. The van der Waals surface area contributed by atoms with Crippen LogP contribution in [0, 0.1) is 5.82 Å². The van der Waals surface area contributed by atoms with Crippen molar-refractivity contribution in [3.8, 4) is 0 Å². The summed E-state index contributed by atoms with van der Waals surface area (Å²) in [6, 6.07) is 3.56. The van der Waals surface area contributed by atoms with Crippen LogP contribution in [-0.4, -0.2) is 29.3 Å². The maximum atomic E-state index is 13.2. The average molecular weight is 329 g/mol. The maximum absolute atomic E-state index is 13.2. The number of hydrogen-bond acceptors (Lipinski definition) is 3. The molecule has 0 aromatic heterocycles. The molecule has 1 aromatic rings. The molecule has 1 unspecified atom stereocenters. The number of carbonyl (C=O) groups is 2. The molecule has 1 N–H and O–H groups in total. The smallest absolute Gasteiger partial charge is 0.252 e. The van der Waals surface area contributed by atoms with Crippen molar-refractivity contribution < 1.29 is 14.0 Å². The molecule has 1 aromatic carbocycles. The molecule has 1 fully saturated rings. The van der Waals surface area contributed by atoms with Gasteiger partial charge in [0.2, 0.25) is 5.91 Å². The lowest BCUT2D eigenvalue weighted by atomic mass is 10.2. The van der Waals surface area contributed by atoms with Gasteiger partial charge < -0.3 is 5.32 Å². The fourth-order valence-electron chi connectivity index (χ4n) is 2.05. The Morgan fingerprint density at radius 2 is 2.21 bits per heavy atom. The molecule has 0 radical (unpaired) electrons. The molecular formula is C13H14BrFN2O2. The van der Waals surface area contributed by atoms with E-state index >= 15 is 0 Å². The zero-order chi connectivity index (χ0) is 14.0. The minimum atomic E-state index is -0.614. The first-order valence-electron chi connectivity index (χ1n) is 6.08. The largest absolute Gasteiger partial charge is 0.372 e. The molecule has 19 heavy (non-hydrogen) atoms. The number of carbonyl (C=O) groups excluding carboxylic acids is 2. The van der Waals surface area contributed by atoms with Gasteiger partial charge in [0.25, 0.3) is 5.91 Å². The molecule has 1 atom stereocenters. The highest BCUT2D eigenvalue weighted by atomic mass is 79.9. The van der Waals surface area contributed by atoms with Crippen LogP contribution in [0.25, 0.3) is 0 Å². The Morgan fingerprint density at radius 1 is 1.47 bits per heavy atom. The van der Waals surface area contributed by atoms with Gasteiger partial charge in [-0.2, -0.15) is 0 Å². The van der Waals surface area contributed by atoms with Crippen LogP contribution < -0.4 is 5.32 Å². The van der Waals surface area contributed by atoms with Gasteiger partial charge >= 0.3 is 0 Å². The summed E-state index contributed by atoms with van der Waals surface area (Å²) in [6.07, 6.45) is 0.843. The lowest BCUT2D eigenvalue weighted by molar-refractivity contribution is -0.138. The summed E-state index contributed by atoms with van der Waals surface area (Å²) in [4.78, 5) is 25.0. The third kappa shape index (κ3) is 2.94. The van der Waals surface area contributed by atoms with Crippen molar-refractivity contribution in [1.29, 1.82) is 0 Å². The number of nitrogens with zero attached hydrogens (tertiary/aromatic N) is 1. The fourth-order valence-corrected chi connectivity index (χ4v) is 2.41. The second-order valence-corrected chi connectivity index (χ2v) is 5.26. The van der Waals surface area contributed by atoms with Crippen molar-refractivity contribution >= 4 is 33.4 Å². The lowest BCUT2D eigenvalue weighted by Gasteiger charge is -2.15. The normalized spacial score (nSPS) is 19.1. The number of imide groups is 1. The number of likely N-dealkylation sites (tertiary alicyclic amines) is 1. The molecule has 0 saturated carbocycles. The van der Waals surface area contributed by atoms with Gasteiger partial charge in [-0.1, -0.05) is 6.92 Å². The summed E-state index contributed by atoms with van der Waals surface area (Å²) >= 11 is 3.28. The van der Waals surface area contributed by atoms with E-state index < -0.39 is 11.9 Å². The van der Waals surface area contributed by atoms with Crippen molar-refractivity contribution in [3.05, 3.63) is 28.5 Å². The molecule has 6 heteroatoms. The fraction of sp³-hybridized carbons (Fsp3) is 0.385. The predicted molar refractivity (Wildman–Crippen MR) is 73.1 cm³/mol. The van der Waals surface area contributed by atoms with Crippen LogP contribution >= 0.6 is 15.9 Å². The van der Waals surface area contributed by atoms with Crippen LogP contribution in [-0.2, 0) is 9.59 Å². The Kier molecular flexibility index (Phi) is 4.19. The van der Waals surface area contributed by atoms with E-state index in [2.05, 4.69) is 21.2 Å². The van der Waals surface area contributed by atoms with Crippen molar-refractivity contribution in [2.45, 2.75) is 25.8 Å². The Hall–Kier alpha value is -1.43. The molecule has 0 bridgehead atoms. The quantitative estimate of drug-likeness (QED) is 0.864. The summed E-state index contributed by atoms with van der Waals surface area (Å²) in [6.45, 7) is 2.34. The maximum Gasteiger partial charge on any atom is 0.252 e. The third-order valence-electron chi connectivity index (χ3n) is 2.95. The van der Waals surface area contributed by atoms with Gasteiger partial charge in [-0.05, 0) is 40.5 Å². The summed E-state index contributed by atoms with van der Waals surface area (Å²) < 4.78 is 13.8. The highest BCUT2D eigenvalue weighted by Gasteiger charge is 2.38. The van der Waals surface area contributed by atoms with E-state index in [0.717, 1.165) is 6.42 Å². The van der Waals surface area contributed by atoms with Crippen LogP contribution in [0.4, 0.5) is 10.1 Å². The summed E-state index contributed by atoms with van der Waals surface area (Å²) in [5.74, 6) is -0.826. The lowest BCUT2D eigenvalue weighted by Crippen LogP contribution is -2.35. The van der Waals surface area contributed by atoms with Crippen LogP contribution in [0.2, 0.25) is 0 Å². The molecule has 1 saturated heterocycles. The van der Waals surface area contributed by atoms with Crippen molar-refractivity contribution in [1.82, 2.24) is 4.90 Å². The zero-order valence-corrected chi connectivity index (χ0v) is 12.0. The molecule has 4 nitrogen and oxygen atoms in total. The van der Waals surface area contributed by atoms with Gasteiger partial charge in [0.15, 0.2) is 0 Å². The van der Waals surface area contributed by atoms with E-state index in [1.165, 1.54) is 17.0 Å². The first kappa shape index (κ1) is 14.0. The predicted octanol–water partition coefficient (Wildman–Crippen LogP) is 2.54. The van der Waals surface area contributed by atoms with E-state index in [0.29, 0.717) is 16.7 Å². The molecule has 0 aliphatic carbocycles. The third-order valence-corrected chi connectivity index (χ3v) is 3.64. The molecule has 102 valence electrons. The van der Waals surface area contributed by atoms with Gasteiger partial charge in [-0.15, -0.1) is 0 Å². The number of nitrogens with one attached hydrogen (secondary N) is 1. The molecule has 1 aliphatic heterocycles. The number of benzene rings is 1. The molecule has 1 aliphatic rings. The van der Waals surface area contributed by atoms with Crippen molar-refractivity contribution in [2.24, 2.45) is 0 Å². The summed E-state index contributed by atoms with van der Waals surface area (Å²) in [5, 5.41) is 2.92. The van der Waals surface area contributed by atoms with E-state index in [1.807, 2.05) is 6.92 Å². The monoisotopic (exact) mass is 328 g/mol. The number of halogens is 2. The van der Waals surface area contributed by atoms with E-state index in [4.69, 9.17) is 0 Å². The van der Waals surface area contributed by atoms with E-state index in [-0.39, 0.29) is 18.2 Å². The SMILES string of the molecule is CCCN1C(=O)CC(Nc2cc(F)ccc2Br)C1=O. The first-order chi connectivity index (χ1) is 9.02. The zero-order valence-electron chi connectivity index (χ0n) is 10.5. The second-order valence-electron chi connectivity index (χ2n) is 4.41. The molecule has 0 spiro atoms. The molecule has 1 heterocycles. The van der Waals surface area contributed by atoms with Gasteiger partial charge in [0.05, 0.1) is 12.1 Å². The van der Waals surface area contributed by atoms with Crippen LogP contribution in [0.1, 0.15) is 19.8 Å². The van der Waals surface area contributed by atoms with Crippen molar-refractivity contribution in [2.75, 3.05) is 11.9 Å². The highest BCUT2D eigenvalue weighted by Crippen LogP contribution is 2.26. The summed E-state index contributed by atoms with van der Waals surface area (Å²) in [7, 11) is 0.